The zero-order chi connectivity index (χ0) is 15.9. The van der Waals surface area contributed by atoms with E-state index in [0.29, 0.717) is 17.6 Å². The Labute approximate surface area is 133 Å². The van der Waals surface area contributed by atoms with Gasteiger partial charge in [0.15, 0.2) is 0 Å². The molecule has 4 heteroatoms. The number of carbonyl (C=O) groups is 1. The highest BCUT2D eigenvalue weighted by atomic mass is 16.5. The lowest BCUT2D eigenvalue weighted by atomic mass is 10.1. The maximum atomic E-state index is 11.5. The lowest BCUT2D eigenvalue weighted by Crippen LogP contribution is -2.23. The molecule has 1 amide bonds. The topological polar surface area (TPSA) is 41.6 Å². The van der Waals surface area contributed by atoms with Gasteiger partial charge >= 0.3 is 0 Å². The lowest BCUT2D eigenvalue weighted by molar-refractivity contribution is 0.0518. The largest absolute Gasteiger partial charge is 0.377 e. The fraction of sp³-hybridized carbons (Fsp3) is 0.611. The second kappa shape index (κ2) is 8.30. The molecule has 1 unspecified atom stereocenters. The first-order valence-electron chi connectivity index (χ1n) is 8.23. The van der Waals surface area contributed by atoms with Crippen molar-refractivity contribution in [1.29, 1.82) is 0 Å². The summed E-state index contributed by atoms with van der Waals surface area (Å²) >= 11 is 0. The number of rotatable bonds is 7. The predicted molar refractivity (Wildman–Crippen MR) is 88.9 cm³/mol. The summed E-state index contributed by atoms with van der Waals surface area (Å²) in [5, 5.41) is 2.64. The van der Waals surface area contributed by atoms with E-state index in [-0.39, 0.29) is 5.91 Å². The van der Waals surface area contributed by atoms with Crippen LogP contribution in [-0.2, 0) is 11.3 Å². The normalized spacial score (nSPS) is 18.8. The fourth-order valence-electron chi connectivity index (χ4n) is 2.71. The van der Waals surface area contributed by atoms with Crippen LogP contribution < -0.4 is 5.32 Å². The Morgan fingerprint density at radius 1 is 1.36 bits per heavy atom. The monoisotopic (exact) mass is 304 g/mol. The van der Waals surface area contributed by atoms with Gasteiger partial charge in [-0.15, -0.1) is 0 Å². The highest BCUT2D eigenvalue weighted by Gasteiger charge is 2.22. The maximum absolute atomic E-state index is 11.5. The summed E-state index contributed by atoms with van der Waals surface area (Å²) in [6.07, 6.45) is 2.63. The molecule has 0 radical (unpaired) electrons. The van der Waals surface area contributed by atoms with E-state index in [1.165, 1.54) is 5.56 Å². The molecule has 1 saturated heterocycles. The Kier molecular flexibility index (Phi) is 6.40. The van der Waals surface area contributed by atoms with Crippen LogP contribution in [0.5, 0.6) is 0 Å². The molecule has 0 aliphatic carbocycles. The van der Waals surface area contributed by atoms with Crippen LogP contribution in [0.15, 0.2) is 24.3 Å². The zero-order valence-corrected chi connectivity index (χ0v) is 14.0. The highest BCUT2D eigenvalue weighted by Crippen LogP contribution is 2.17. The number of nitrogens with zero attached hydrogens (tertiary/aromatic N) is 1. The second-order valence-electron chi connectivity index (χ2n) is 6.48. The van der Waals surface area contributed by atoms with Crippen molar-refractivity contribution < 1.29 is 9.53 Å². The van der Waals surface area contributed by atoms with E-state index in [9.17, 15) is 4.79 Å². The van der Waals surface area contributed by atoms with Crippen LogP contribution in [0.3, 0.4) is 0 Å². The number of carbonyl (C=O) groups excluding carboxylic acids is 1. The summed E-state index contributed by atoms with van der Waals surface area (Å²) in [6.45, 7) is 8.35. The molecule has 0 spiro atoms. The van der Waals surface area contributed by atoms with Crippen molar-refractivity contribution in [3.8, 4) is 0 Å². The van der Waals surface area contributed by atoms with Crippen molar-refractivity contribution in [3.05, 3.63) is 35.4 Å². The van der Waals surface area contributed by atoms with Crippen LogP contribution in [0.4, 0.5) is 0 Å². The van der Waals surface area contributed by atoms with E-state index in [1.807, 2.05) is 24.3 Å². The first-order chi connectivity index (χ1) is 10.6. The van der Waals surface area contributed by atoms with Gasteiger partial charge in [0.2, 0.25) is 0 Å². The van der Waals surface area contributed by atoms with Crippen LogP contribution in [-0.4, -0.2) is 43.7 Å². The van der Waals surface area contributed by atoms with Gasteiger partial charge < -0.3 is 10.1 Å². The minimum Gasteiger partial charge on any atom is -0.377 e. The molecule has 0 aromatic heterocycles. The zero-order valence-electron chi connectivity index (χ0n) is 14.0. The van der Waals surface area contributed by atoms with Crippen LogP contribution in [0.25, 0.3) is 0 Å². The molecule has 0 saturated carbocycles. The smallest absolute Gasteiger partial charge is 0.251 e. The Morgan fingerprint density at radius 2 is 2.09 bits per heavy atom. The summed E-state index contributed by atoms with van der Waals surface area (Å²) in [6, 6.07) is 7.86. The minimum atomic E-state index is -0.0358. The maximum Gasteiger partial charge on any atom is 0.251 e. The minimum absolute atomic E-state index is 0.0358. The molecule has 1 N–H and O–H groups in total. The number of nitrogens with one attached hydrogen (secondary N) is 1. The summed E-state index contributed by atoms with van der Waals surface area (Å²) < 4.78 is 5.95. The van der Waals surface area contributed by atoms with Gasteiger partial charge in [-0.25, -0.2) is 0 Å². The van der Waals surface area contributed by atoms with Crippen molar-refractivity contribution in [1.82, 2.24) is 10.2 Å². The van der Waals surface area contributed by atoms with Crippen molar-refractivity contribution in [2.75, 3.05) is 26.7 Å². The first-order valence-corrected chi connectivity index (χ1v) is 8.23. The Morgan fingerprint density at radius 3 is 2.73 bits per heavy atom. The lowest BCUT2D eigenvalue weighted by Gasteiger charge is -2.17. The molecule has 1 fully saturated rings. The van der Waals surface area contributed by atoms with Crippen LogP contribution in [0.1, 0.15) is 42.6 Å². The van der Waals surface area contributed by atoms with E-state index in [0.717, 1.165) is 39.1 Å². The van der Waals surface area contributed by atoms with E-state index in [4.69, 9.17) is 4.74 Å². The average Bonchev–Trinajstić information content (AvgIpc) is 2.94. The van der Waals surface area contributed by atoms with Gasteiger partial charge in [0.05, 0.1) is 6.10 Å². The van der Waals surface area contributed by atoms with Gasteiger partial charge in [-0.1, -0.05) is 26.0 Å². The average molecular weight is 304 g/mol. The SMILES string of the molecule is CNC(=O)c1ccc(CN2CCC(OCCC(C)C)C2)cc1. The molecule has 122 valence electrons. The third-order valence-electron chi connectivity index (χ3n) is 4.13. The van der Waals surface area contributed by atoms with Crippen molar-refractivity contribution in [3.63, 3.8) is 0 Å². The van der Waals surface area contributed by atoms with Gasteiger partial charge in [-0.3, -0.25) is 9.69 Å². The molecule has 4 nitrogen and oxygen atoms in total. The number of benzene rings is 1. The molecule has 1 aliphatic heterocycles. The molecule has 1 atom stereocenters. The Bertz CT molecular complexity index is 470. The van der Waals surface area contributed by atoms with E-state index in [1.54, 1.807) is 7.05 Å². The number of hydrogen-bond donors (Lipinski definition) is 1. The number of ether oxygens (including phenoxy) is 1. The number of likely N-dealkylation sites (tertiary alicyclic amines) is 1. The Balaban J connectivity index is 1.76. The second-order valence-corrected chi connectivity index (χ2v) is 6.48. The molecule has 22 heavy (non-hydrogen) atoms. The van der Waals surface area contributed by atoms with Gasteiger partial charge in [-0.05, 0) is 36.5 Å². The molecule has 1 heterocycles. The van der Waals surface area contributed by atoms with Gasteiger partial charge in [0, 0.05) is 38.9 Å². The van der Waals surface area contributed by atoms with Gasteiger partial charge in [-0.2, -0.15) is 0 Å². The molecule has 0 bridgehead atoms. The predicted octanol–water partition coefficient (Wildman–Crippen LogP) is 2.68. The number of hydrogen-bond acceptors (Lipinski definition) is 3. The molecule has 2 rings (SSSR count). The summed E-state index contributed by atoms with van der Waals surface area (Å²) in [7, 11) is 1.65. The van der Waals surface area contributed by atoms with Crippen LogP contribution in [0, 0.1) is 5.92 Å². The highest BCUT2D eigenvalue weighted by molar-refractivity contribution is 5.93. The third-order valence-corrected chi connectivity index (χ3v) is 4.13. The first kappa shape index (κ1) is 17.0. The van der Waals surface area contributed by atoms with Gasteiger partial charge in [0.1, 0.15) is 0 Å². The van der Waals surface area contributed by atoms with E-state index in [2.05, 4.69) is 24.1 Å². The molecular weight excluding hydrogens is 276 g/mol. The molecular formula is C18H28N2O2. The van der Waals surface area contributed by atoms with E-state index >= 15 is 0 Å². The number of amides is 1. The quantitative estimate of drug-likeness (QED) is 0.842. The Hall–Kier alpha value is -1.39. The summed E-state index contributed by atoms with van der Waals surface area (Å²) in [5.41, 5.74) is 1.96. The van der Waals surface area contributed by atoms with E-state index < -0.39 is 0 Å². The van der Waals surface area contributed by atoms with Gasteiger partial charge in [0.25, 0.3) is 5.91 Å². The standard InChI is InChI=1S/C18H28N2O2/c1-14(2)9-11-22-17-8-10-20(13-17)12-15-4-6-16(7-5-15)18(21)19-3/h4-7,14,17H,8-13H2,1-3H3,(H,19,21). The molecule has 1 aromatic rings. The fourth-order valence-corrected chi connectivity index (χ4v) is 2.71. The summed E-state index contributed by atoms with van der Waals surface area (Å²) in [5.74, 6) is 0.669. The third kappa shape index (κ3) is 5.11. The van der Waals surface area contributed by atoms with Crippen molar-refractivity contribution in [2.24, 2.45) is 5.92 Å². The van der Waals surface area contributed by atoms with Crippen molar-refractivity contribution in [2.45, 2.75) is 39.3 Å². The summed E-state index contributed by atoms with van der Waals surface area (Å²) in [4.78, 5) is 13.9. The van der Waals surface area contributed by atoms with Crippen LogP contribution >= 0.6 is 0 Å². The van der Waals surface area contributed by atoms with Crippen molar-refractivity contribution >= 4 is 5.91 Å². The molecule has 1 aromatic carbocycles. The molecule has 1 aliphatic rings. The van der Waals surface area contributed by atoms with Crippen LogP contribution in [0.2, 0.25) is 0 Å².